The first-order chi connectivity index (χ1) is 10.2. The van der Waals surface area contributed by atoms with Gasteiger partial charge in [-0.25, -0.2) is 15.0 Å². The third-order valence-corrected chi connectivity index (χ3v) is 3.34. The van der Waals surface area contributed by atoms with Gasteiger partial charge in [-0.15, -0.1) is 0 Å². The maximum absolute atomic E-state index is 12.4. The molecule has 0 aliphatic carbocycles. The van der Waals surface area contributed by atoms with Gasteiger partial charge in [-0.2, -0.15) is 0 Å². The summed E-state index contributed by atoms with van der Waals surface area (Å²) >= 11 is 0. The van der Waals surface area contributed by atoms with Crippen LogP contribution >= 0.6 is 0 Å². The van der Waals surface area contributed by atoms with Crippen molar-refractivity contribution in [2.45, 2.75) is 45.7 Å². The maximum Gasteiger partial charge on any atom is 0.254 e. The van der Waals surface area contributed by atoms with Crippen LogP contribution in [0.2, 0.25) is 0 Å². The summed E-state index contributed by atoms with van der Waals surface area (Å²) in [7, 11) is 0. The molecule has 2 aromatic rings. The van der Waals surface area contributed by atoms with Gasteiger partial charge in [0.1, 0.15) is 6.33 Å². The zero-order chi connectivity index (χ0) is 15.1. The number of rotatable bonds is 7. The zero-order valence-corrected chi connectivity index (χ0v) is 12.5. The van der Waals surface area contributed by atoms with Crippen molar-refractivity contribution in [1.29, 1.82) is 0 Å². The molecule has 0 saturated carbocycles. The standard InChI is InChI=1S/C15H21N5O/c1-3-5-14-13(8-17-10-18-14)15(21)19-12(4-2)9-20-7-6-16-11-20/h6-8,10-12H,3-5,9H2,1-2H3,(H,19,21)/t12-/m0/s1. The van der Waals surface area contributed by atoms with E-state index in [2.05, 4.69) is 34.1 Å². The summed E-state index contributed by atoms with van der Waals surface area (Å²) < 4.78 is 1.96. The highest BCUT2D eigenvalue weighted by Crippen LogP contribution is 2.08. The van der Waals surface area contributed by atoms with Crippen LogP contribution < -0.4 is 5.32 Å². The van der Waals surface area contributed by atoms with Gasteiger partial charge < -0.3 is 9.88 Å². The van der Waals surface area contributed by atoms with Crippen molar-refractivity contribution < 1.29 is 4.79 Å². The number of hydrogen-bond donors (Lipinski definition) is 1. The lowest BCUT2D eigenvalue weighted by molar-refractivity contribution is 0.0930. The van der Waals surface area contributed by atoms with Crippen molar-refractivity contribution >= 4 is 5.91 Å². The van der Waals surface area contributed by atoms with Gasteiger partial charge in [0.15, 0.2) is 0 Å². The third kappa shape index (κ3) is 4.11. The molecule has 2 aromatic heterocycles. The minimum atomic E-state index is -0.106. The van der Waals surface area contributed by atoms with Crippen molar-refractivity contribution in [3.05, 3.63) is 42.5 Å². The van der Waals surface area contributed by atoms with E-state index in [1.54, 1.807) is 18.7 Å². The number of aromatic nitrogens is 4. The number of nitrogens with zero attached hydrogens (tertiary/aromatic N) is 4. The van der Waals surface area contributed by atoms with Crippen LogP contribution in [-0.2, 0) is 13.0 Å². The van der Waals surface area contributed by atoms with Crippen LogP contribution in [0.1, 0.15) is 42.7 Å². The topological polar surface area (TPSA) is 72.7 Å². The summed E-state index contributed by atoms with van der Waals surface area (Å²) in [5.74, 6) is -0.106. The second-order valence-corrected chi connectivity index (χ2v) is 4.97. The van der Waals surface area contributed by atoms with Gasteiger partial charge in [-0.3, -0.25) is 4.79 Å². The summed E-state index contributed by atoms with van der Waals surface area (Å²) in [6.45, 7) is 4.83. The Morgan fingerprint density at radius 2 is 2.24 bits per heavy atom. The fraction of sp³-hybridized carbons (Fsp3) is 0.467. The molecule has 0 saturated heterocycles. The van der Waals surface area contributed by atoms with E-state index in [1.807, 2.05) is 10.8 Å². The summed E-state index contributed by atoms with van der Waals surface area (Å²) in [5, 5.41) is 3.05. The van der Waals surface area contributed by atoms with E-state index in [0.717, 1.165) is 25.0 Å². The van der Waals surface area contributed by atoms with Crippen LogP contribution in [0.3, 0.4) is 0 Å². The first-order valence-corrected chi connectivity index (χ1v) is 7.30. The normalized spacial score (nSPS) is 12.1. The molecule has 112 valence electrons. The van der Waals surface area contributed by atoms with Crippen molar-refractivity contribution in [1.82, 2.24) is 24.8 Å². The van der Waals surface area contributed by atoms with Crippen LogP contribution in [0.25, 0.3) is 0 Å². The van der Waals surface area contributed by atoms with Crippen LogP contribution in [-0.4, -0.2) is 31.5 Å². The molecule has 1 amide bonds. The van der Waals surface area contributed by atoms with Crippen molar-refractivity contribution in [2.75, 3.05) is 0 Å². The van der Waals surface area contributed by atoms with Crippen molar-refractivity contribution in [2.24, 2.45) is 0 Å². The van der Waals surface area contributed by atoms with Crippen LogP contribution in [0, 0.1) is 0 Å². The molecule has 1 N–H and O–H groups in total. The first-order valence-electron chi connectivity index (χ1n) is 7.30. The summed E-state index contributed by atoms with van der Waals surface area (Å²) in [4.78, 5) is 24.6. The summed E-state index contributed by atoms with van der Waals surface area (Å²) in [5.41, 5.74) is 1.38. The fourth-order valence-electron chi connectivity index (χ4n) is 2.17. The van der Waals surface area contributed by atoms with Crippen LogP contribution in [0.5, 0.6) is 0 Å². The van der Waals surface area contributed by atoms with Gasteiger partial charge in [0, 0.05) is 31.2 Å². The van der Waals surface area contributed by atoms with Gasteiger partial charge in [0.25, 0.3) is 5.91 Å². The second-order valence-electron chi connectivity index (χ2n) is 4.97. The van der Waals surface area contributed by atoms with E-state index < -0.39 is 0 Å². The summed E-state index contributed by atoms with van der Waals surface area (Å²) in [6, 6.07) is 0.0568. The Morgan fingerprint density at radius 3 is 2.90 bits per heavy atom. The third-order valence-electron chi connectivity index (χ3n) is 3.34. The van der Waals surface area contributed by atoms with E-state index in [0.29, 0.717) is 12.1 Å². The zero-order valence-electron chi connectivity index (χ0n) is 12.5. The molecule has 0 bridgehead atoms. The minimum Gasteiger partial charge on any atom is -0.347 e. The first kappa shape index (κ1) is 15.2. The van der Waals surface area contributed by atoms with E-state index in [4.69, 9.17) is 0 Å². The number of aryl methyl sites for hydroxylation is 1. The quantitative estimate of drug-likeness (QED) is 0.843. The highest BCUT2D eigenvalue weighted by Gasteiger charge is 2.16. The second kappa shape index (κ2) is 7.52. The Kier molecular flexibility index (Phi) is 5.43. The van der Waals surface area contributed by atoms with Crippen molar-refractivity contribution in [3.63, 3.8) is 0 Å². The van der Waals surface area contributed by atoms with Gasteiger partial charge >= 0.3 is 0 Å². The lowest BCUT2D eigenvalue weighted by atomic mass is 10.1. The Morgan fingerprint density at radius 1 is 1.38 bits per heavy atom. The largest absolute Gasteiger partial charge is 0.347 e. The summed E-state index contributed by atoms with van der Waals surface area (Å²) in [6.07, 6.45) is 11.0. The molecule has 0 unspecified atom stereocenters. The van der Waals surface area contributed by atoms with E-state index in [1.165, 1.54) is 6.33 Å². The monoisotopic (exact) mass is 287 g/mol. The SMILES string of the molecule is CCCc1ncncc1C(=O)N[C@@H](CC)Cn1ccnc1. The van der Waals surface area contributed by atoms with Gasteiger partial charge in [0.05, 0.1) is 17.6 Å². The van der Waals surface area contributed by atoms with Crippen LogP contribution in [0.15, 0.2) is 31.2 Å². The minimum absolute atomic E-state index is 0.0568. The predicted molar refractivity (Wildman–Crippen MR) is 79.8 cm³/mol. The smallest absolute Gasteiger partial charge is 0.254 e. The molecule has 2 heterocycles. The number of amides is 1. The molecule has 0 aliphatic rings. The fourth-order valence-corrected chi connectivity index (χ4v) is 2.17. The Labute approximate surface area is 124 Å². The number of hydrogen-bond acceptors (Lipinski definition) is 4. The molecule has 2 rings (SSSR count). The Bertz CT molecular complexity index is 567. The molecule has 0 spiro atoms. The molecular formula is C15H21N5O. The lowest BCUT2D eigenvalue weighted by Crippen LogP contribution is -2.38. The van der Waals surface area contributed by atoms with Gasteiger partial charge in [-0.05, 0) is 12.8 Å². The van der Waals surface area contributed by atoms with E-state index in [-0.39, 0.29) is 11.9 Å². The number of nitrogens with one attached hydrogen (secondary N) is 1. The molecule has 0 aromatic carbocycles. The highest BCUT2D eigenvalue weighted by molar-refractivity contribution is 5.95. The lowest BCUT2D eigenvalue weighted by Gasteiger charge is -2.18. The molecule has 21 heavy (non-hydrogen) atoms. The molecule has 0 radical (unpaired) electrons. The molecule has 0 aliphatic heterocycles. The Balaban J connectivity index is 2.05. The average Bonchev–Trinajstić information content (AvgIpc) is 3.00. The van der Waals surface area contributed by atoms with E-state index in [9.17, 15) is 4.79 Å². The molecule has 6 nitrogen and oxygen atoms in total. The number of carbonyl (C=O) groups excluding carboxylic acids is 1. The average molecular weight is 287 g/mol. The van der Waals surface area contributed by atoms with Gasteiger partial charge in [0.2, 0.25) is 0 Å². The molecular weight excluding hydrogens is 266 g/mol. The molecule has 0 fully saturated rings. The molecule has 6 heteroatoms. The van der Waals surface area contributed by atoms with Crippen molar-refractivity contribution in [3.8, 4) is 0 Å². The molecule has 1 atom stereocenters. The number of carbonyl (C=O) groups is 1. The number of imidazole rings is 1. The maximum atomic E-state index is 12.4. The Hall–Kier alpha value is -2.24. The van der Waals surface area contributed by atoms with Gasteiger partial charge in [-0.1, -0.05) is 20.3 Å². The predicted octanol–water partition coefficient (Wildman–Crippen LogP) is 1.83. The van der Waals surface area contributed by atoms with E-state index >= 15 is 0 Å². The highest BCUT2D eigenvalue weighted by atomic mass is 16.1. The van der Waals surface area contributed by atoms with Crippen LogP contribution in [0.4, 0.5) is 0 Å².